The summed E-state index contributed by atoms with van der Waals surface area (Å²) in [6, 6.07) is 13.4. The van der Waals surface area contributed by atoms with Crippen molar-refractivity contribution in [3.8, 4) is 17.6 Å². The molecule has 4 nitrogen and oxygen atoms in total. The van der Waals surface area contributed by atoms with Crippen LogP contribution in [0.2, 0.25) is 5.02 Å². The van der Waals surface area contributed by atoms with Gasteiger partial charge in [-0.25, -0.2) is 0 Å². The maximum Gasteiger partial charge on any atom is 0.202 e. The molecule has 22 heavy (non-hydrogen) atoms. The number of ketones is 1. The van der Waals surface area contributed by atoms with E-state index in [-0.39, 0.29) is 5.78 Å². The third-order valence-electron chi connectivity index (χ3n) is 3.09. The lowest BCUT2D eigenvalue weighted by molar-refractivity contribution is 0.0814. The van der Waals surface area contributed by atoms with Gasteiger partial charge in [-0.1, -0.05) is 11.6 Å². The minimum atomic E-state index is -0.692. The summed E-state index contributed by atoms with van der Waals surface area (Å²) in [7, 11) is 1.48. The topological polar surface area (TPSA) is 59.3 Å². The van der Waals surface area contributed by atoms with E-state index in [0.717, 1.165) is 0 Å². The summed E-state index contributed by atoms with van der Waals surface area (Å²) in [6.07, 6.45) is -0.692. The summed E-state index contributed by atoms with van der Waals surface area (Å²) in [6.45, 7) is 1.66. The van der Waals surface area contributed by atoms with E-state index < -0.39 is 6.10 Å². The van der Waals surface area contributed by atoms with Crippen LogP contribution < -0.4 is 9.47 Å². The highest BCUT2D eigenvalue weighted by atomic mass is 35.5. The van der Waals surface area contributed by atoms with Crippen LogP contribution in [0.25, 0.3) is 0 Å². The number of nitriles is 1. The highest BCUT2D eigenvalue weighted by Gasteiger charge is 2.18. The van der Waals surface area contributed by atoms with Crippen molar-refractivity contribution in [3.63, 3.8) is 0 Å². The van der Waals surface area contributed by atoms with Gasteiger partial charge in [0, 0.05) is 16.7 Å². The zero-order valence-corrected chi connectivity index (χ0v) is 12.9. The molecule has 0 spiro atoms. The number of carbonyl (C=O) groups is 1. The number of methoxy groups -OCH3 is 1. The Morgan fingerprint density at radius 2 is 1.86 bits per heavy atom. The molecule has 1 atom stereocenters. The highest BCUT2D eigenvalue weighted by Crippen LogP contribution is 2.29. The lowest BCUT2D eigenvalue weighted by Gasteiger charge is -2.16. The lowest BCUT2D eigenvalue weighted by Crippen LogP contribution is -2.24. The fourth-order valence-corrected chi connectivity index (χ4v) is 2.05. The van der Waals surface area contributed by atoms with Crippen LogP contribution in [0, 0.1) is 11.3 Å². The Labute approximate surface area is 133 Å². The Morgan fingerprint density at radius 3 is 2.45 bits per heavy atom. The molecule has 0 N–H and O–H groups in total. The van der Waals surface area contributed by atoms with Crippen molar-refractivity contribution in [3.05, 3.63) is 58.6 Å². The van der Waals surface area contributed by atoms with Crippen LogP contribution >= 0.6 is 11.6 Å². The second kappa shape index (κ2) is 6.97. The normalized spacial score (nSPS) is 11.4. The molecule has 0 saturated carbocycles. The summed E-state index contributed by atoms with van der Waals surface area (Å²) in [5.74, 6) is 0.661. The number of nitrogens with zero attached hydrogens (tertiary/aromatic N) is 1. The summed E-state index contributed by atoms with van der Waals surface area (Å²) < 4.78 is 10.9. The average Bonchev–Trinajstić information content (AvgIpc) is 2.55. The molecular formula is C17H14ClNO3. The molecule has 1 unspecified atom stereocenters. The van der Waals surface area contributed by atoms with E-state index in [9.17, 15) is 4.79 Å². The first kappa shape index (κ1) is 15.9. The van der Waals surface area contributed by atoms with Crippen molar-refractivity contribution in [2.75, 3.05) is 7.11 Å². The van der Waals surface area contributed by atoms with E-state index in [1.54, 1.807) is 49.4 Å². The minimum Gasteiger partial charge on any atom is -0.493 e. The molecule has 0 radical (unpaired) electrons. The molecule has 0 aromatic heterocycles. The van der Waals surface area contributed by atoms with E-state index in [0.29, 0.717) is 27.6 Å². The molecule has 2 aromatic rings. The largest absolute Gasteiger partial charge is 0.493 e. The van der Waals surface area contributed by atoms with Crippen LogP contribution in [-0.2, 0) is 0 Å². The SMILES string of the molecule is COc1cc(C#N)ccc1OC(C)C(=O)c1ccc(Cl)cc1. The molecule has 0 heterocycles. The van der Waals surface area contributed by atoms with Gasteiger partial charge >= 0.3 is 0 Å². The van der Waals surface area contributed by atoms with Crippen LogP contribution in [0.1, 0.15) is 22.8 Å². The van der Waals surface area contributed by atoms with Gasteiger partial charge in [0.15, 0.2) is 17.6 Å². The lowest BCUT2D eigenvalue weighted by atomic mass is 10.1. The van der Waals surface area contributed by atoms with E-state index >= 15 is 0 Å². The van der Waals surface area contributed by atoms with Gasteiger partial charge in [0.1, 0.15) is 0 Å². The van der Waals surface area contributed by atoms with Crippen molar-refractivity contribution in [1.82, 2.24) is 0 Å². The molecule has 0 aliphatic heterocycles. The van der Waals surface area contributed by atoms with E-state index in [2.05, 4.69) is 0 Å². The Hall–Kier alpha value is -2.51. The third kappa shape index (κ3) is 3.57. The molecule has 5 heteroatoms. The molecule has 0 amide bonds. The molecule has 0 aliphatic rings. The van der Waals surface area contributed by atoms with Crippen LogP contribution in [0.5, 0.6) is 11.5 Å². The van der Waals surface area contributed by atoms with Gasteiger partial charge in [-0.15, -0.1) is 0 Å². The number of ether oxygens (including phenoxy) is 2. The molecule has 2 rings (SSSR count). The Morgan fingerprint density at radius 1 is 1.18 bits per heavy atom. The van der Waals surface area contributed by atoms with Crippen molar-refractivity contribution in [2.24, 2.45) is 0 Å². The Kier molecular flexibility index (Phi) is 5.03. The zero-order valence-electron chi connectivity index (χ0n) is 12.2. The first-order chi connectivity index (χ1) is 10.5. The summed E-state index contributed by atoms with van der Waals surface area (Å²) >= 11 is 5.81. The van der Waals surface area contributed by atoms with Gasteiger partial charge in [-0.05, 0) is 43.3 Å². The fourth-order valence-electron chi connectivity index (χ4n) is 1.93. The van der Waals surface area contributed by atoms with Gasteiger partial charge in [0.25, 0.3) is 0 Å². The average molecular weight is 316 g/mol. The number of benzene rings is 2. The molecule has 0 fully saturated rings. The molecule has 0 saturated heterocycles. The molecule has 0 bridgehead atoms. The van der Waals surface area contributed by atoms with Crippen LogP contribution in [0.15, 0.2) is 42.5 Å². The third-order valence-corrected chi connectivity index (χ3v) is 3.35. The predicted octanol–water partition coefficient (Wildman–Crippen LogP) is 3.87. The van der Waals surface area contributed by atoms with Crippen molar-refractivity contribution in [1.29, 1.82) is 5.26 Å². The second-order valence-electron chi connectivity index (χ2n) is 4.61. The van der Waals surface area contributed by atoms with Crippen molar-refractivity contribution < 1.29 is 14.3 Å². The van der Waals surface area contributed by atoms with Crippen molar-refractivity contribution in [2.45, 2.75) is 13.0 Å². The first-order valence-electron chi connectivity index (χ1n) is 6.59. The van der Waals surface area contributed by atoms with Gasteiger partial charge < -0.3 is 9.47 Å². The van der Waals surface area contributed by atoms with Gasteiger partial charge in [-0.2, -0.15) is 5.26 Å². The monoisotopic (exact) mass is 315 g/mol. The number of rotatable bonds is 5. The van der Waals surface area contributed by atoms with Crippen LogP contribution in [0.4, 0.5) is 0 Å². The molecular weight excluding hydrogens is 302 g/mol. The number of Topliss-reactive ketones (excluding diaryl/α,β-unsaturated/α-hetero) is 1. The summed E-state index contributed by atoms with van der Waals surface area (Å²) in [5.41, 5.74) is 0.977. The first-order valence-corrected chi connectivity index (χ1v) is 6.97. The molecule has 112 valence electrons. The van der Waals surface area contributed by atoms with Crippen LogP contribution in [-0.4, -0.2) is 19.0 Å². The number of hydrogen-bond acceptors (Lipinski definition) is 4. The van der Waals surface area contributed by atoms with E-state index in [4.69, 9.17) is 26.3 Å². The Balaban J connectivity index is 2.18. The van der Waals surface area contributed by atoms with Crippen LogP contribution in [0.3, 0.4) is 0 Å². The highest BCUT2D eigenvalue weighted by molar-refractivity contribution is 6.30. The second-order valence-corrected chi connectivity index (χ2v) is 5.05. The van der Waals surface area contributed by atoms with Crippen molar-refractivity contribution >= 4 is 17.4 Å². The fraction of sp³-hybridized carbons (Fsp3) is 0.176. The van der Waals surface area contributed by atoms with E-state index in [1.165, 1.54) is 7.11 Å². The van der Waals surface area contributed by atoms with Gasteiger partial charge in [-0.3, -0.25) is 4.79 Å². The number of carbonyl (C=O) groups excluding carboxylic acids is 1. The van der Waals surface area contributed by atoms with E-state index in [1.807, 2.05) is 6.07 Å². The minimum absolute atomic E-state index is 0.164. The Bertz CT molecular complexity index is 720. The molecule has 2 aromatic carbocycles. The number of halogens is 1. The number of hydrogen-bond donors (Lipinski definition) is 0. The zero-order chi connectivity index (χ0) is 16.1. The standard InChI is InChI=1S/C17H14ClNO3/c1-11(17(20)13-4-6-14(18)7-5-13)22-15-8-3-12(10-19)9-16(15)21-2/h3-9,11H,1-2H3. The summed E-state index contributed by atoms with van der Waals surface area (Å²) in [4.78, 5) is 12.3. The summed E-state index contributed by atoms with van der Waals surface area (Å²) in [5, 5.41) is 9.45. The molecule has 0 aliphatic carbocycles. The smallest absolute Gasteiger partial charge is 0.202 e. The quantitative estimate of drug-likeness (QED) is 0.786. The van der Waals surface area contributed by atoms with Gasteiger partial charge in [0.05, 0.1) is 18.7 Å². The maximum absolute atomic E-state index is 12.3. The predicted molar refractivity (Wildman–Crippen MR) is 83.6 cm³/mol. The maximum atomic E-state index is 12.3. The van der Waals surface area contributed by atoms with Gasteiger partial charge in [0.2, 0.25) is 5.78 Å².